The summed E-state index contributed by atoms with van der Waals surface area (Å²) in [6, 6.07) is 28.1. The van der Waals surface area contributed by atoms with Crippen LogP contribution in [0.5, 0.6) is 0 Å². The van der Waals surface area contributed by atoms with E-state index < -0.39 is 0 Å². The molecule has 0 unspecified atom stereocenters. The summed E-state index contributed by atoms with van der Waals surface area (Å²) in [6.45, 7) is 3.81. The molecule has 1 heterocycles. The van der Waals surface area contributed by atoms with Crippen molar-refractivity contribution in [2.75, 3.05) is 13.1 Å². The Labute approximate surface area is 190 Å². The van der Waals surface area contributed by atoms with Crippen LogP contribution < -0.4 is 5.32 Å². The number of hydrogen-bond acceptors (Lipinski definition) is 2. The lowest BCUT2D eigenvalue weighted by Crippen LogP contribution is -2.44. The molecule has 3 aromatic carbocycles. The summed E-state index contributed by atoms with van der Waals surface area (Å²) in [5, 5.41) is 3.06. The lowest BCUT2D eigenvalue weighted by molar-refractivity contribution is -0.136. The Morgan fingerprint density at radius 3 is 1.91 bits per heavy atom. The van der Waals surface area contributed by atoms with Crippen LogP contribution >= 0.6 is 0 Å². The first-order valence-electron chi connectivity index (χ1n) is 11.3. The van der Waals surface area contributed by atoms with Gasteiger partial charge < -0.3 is 10.2 Å². The van der Waals surface area contributed by atoms with E-state index in [0.29, 0.717) is 32.5 Å². The number of likely N-dealkylation sites (tertiary alicyclic amines) is 1. The lowest BCUT2D eigenvalue weighted by atomic mass is 9.88. The van der Waals surface area contributed by atoms with E-state index in [1.165, 1.54) is 5.56 Å². The number of carbonyl (C=O) groups excluding carboxylic acids is 2. The van der Waals surface area contributed by atoms with Crippen molar-refractivity contribution in [1.82, 2.24) is 10.2 Å². The minimum absolute atomic E-state index is 0.0450. The zero-order valence-corrected chi connectivity index (χ0v) is 18.5. The van der Waals surface area contributed by atoms with Gasteiger partial charge in [0.2, 0.25) is 11.8 Å². The highest BCUT2D eigenvalue weighted by molar-refractivity contribution is 5.87. The second-order valence-corrected chi connectivity index (χ2v) is 8.56. The number of piperidine rings is 1. The van der Waals surface area contributed by atoms with Crippen molar-refractivity contribution in [3.8, 4) is 0 Å². The third-order valence-electron chi connectivity index (χ3n) is 6.28. The molecule has 1 aliphatic rings. The van der Waals surface area contributed by atoms with Crippen LogP contribution in [0, 0.1) is 12.8 Å². The number of benzene rings is 3. The molecule has 0 atom stereocenters. The van der Waals surface area contributed by atoms with E-state index in [2.05, 4.69) is 24.4 Å². The van der Waals surface area contributed by atoms with Crippen LogP contribution in [0.1, 0.15) is 41.0 Å². The Balaban J connectivity index is 1.37. The first-order chi connectivity index (χ1) is 15.6. The molecular formula is C28H30N2O2. The van der Waals surface area contributed by atoms with Gasteiger partial charge in [0.15, 0.2) is 0 Å². The number of carbonyl (C=O) groups is 2. The fourth-order valence-corrected chi connectivity index (χ4v) is 4.35. The maximum atomic E-state index is 13.5. The van der Waals surface area contributed by atoms with E-state index in [1.54, 1.807) is 0 Å². The molecular weight excluding hydrogens is 396 g/mol. The Morgan fingerprint density at radius 1 is 0.844 bits per heavy atom. The van der Waals surface area contributed by atoms with Crippen molar-refractivity contribution < 1.29 is 9.59 Å². The summed E-state index contributed by atoms with van der Waals surface area (Å²) in [5.74, 6) is -0.165. The van der Waals surface area contributed by atoms with Gasteiger partial charge in [0.1, 0.15) is 0 Å². The average molecular weight is 427 g/mol. The molecule has 0 bridgehead atoms. The fraction of sp³-hybridized carbons (Fsp3) is 0.286. The maximum Gasteiger partial charge on any atom is 0.234 e. The summed E-state index contributed by atoms with van der Waals surface area (Å²) in [6.07, 6.45) is 1.39. The van der Waals surface area contributed by atoms with Gasteiger partial charge in [-0.3, -0.25) is 9.59 Å². The van der Waals surface area contributed by atoms with Gasteiger partial charge in [0, 0.05) is 25.6 Å². The Morgan fingerprint density at radius 2 is 1.38 bits per heavy atom. The molecule has 1 aliphatic heterocycles. The molecule has 4 rings (SSSR count). The minimum atomic E-state index is -0.315. The summed E-state index contributed by atoms with van der Waals surface area (Å²) >= 11 is 0. The van der Waals surface area contributed by atoms with E-state index in [1.807, 2.05) is 77.7 Å². The van der Waals surface area contributed by atoms with E-state index in [-0.39, 0.29) is 23.7 Å². The molecule has 1 N–H and O–H groups in total. The van der Waals surface area contributed by atoms with Crippen molar-refractivity contribution in [1.29, 1.82) is 0 Å². The predicted octanol–water partition coefficient (Wildman–Crippen LogP) is 4.68. The summed E-state index contributed by atoms with van der Waals surface area (Å²) in [4.78, 5) is 28.1. The fourth-order valence-electron chi connectivity index (χ4n) is 4.35. The summed E-state index contributed by atoms with van der Waals surface area (Å²) in [5.41, 5.74) is 4.31. The van der Waals surface area contributed by atoms with E-state index >= 15 is 0 Å². The second kappa shape index (κ2) is 10.3. The molecule has 4 heteroatoms. The molecule has 0 saturated carbocycles. The maximum absolute atomic E-state index is 13.5. The largest absolute Gasteiger partial charge is 0.352 e. The highest BCUT2D eigenvalue weighted by Crippen LogP contribution is 2.29. The van der Waals surface area contributed by atoms with Crippen molar-refractivity contribution in [2.45, 2.75) is 32.2 Å². The average Bonchev–Trinajstić information content (AvgIpc) is 2.85. The highest BCUT2D eigenvalue weighted by atomic mass is 16.2. The molecule has 3 aromatic rings. The predicted molar refractivity (Wildman–Crippen MR) is 127 cm³/mol. The van der Waals surface area contributed by atoms with Gasteiger partial charge >= 0.3 is 0 Å². The van der Waals surface area contributed by atoms with Crippen molar-refractivity contribution >= 4 is 11.8 Å². The van der Waals surface area contributed by atoms with Crippen LogP contribution in [0.2, 0.25) is 0 Å². The first-order valence-corrected chi connectivity index (χ1v) is 11.3. The van der Waals surface area contributed by atoms with Gasteiger partial charge in [-0.15, -0.1) is 0 Å². The zero-order valence-electron chi connectivity index (χ0n) is 18.5. The van der Waals surface area contributed by atoms with Gasteiger partial charge in [-0.25, -0.2) is 0 Å². The van der Waals surface area contributed by atoms with Crippen molar-refractivity contribution in [2.24, 2.45) is 5.92 Å². The number of amides is 2. The molecule has 0 aromatic heterocycles. The van der Waals surface area contributed by atoms with Crippen LogP contribution in [-0.2, 0) is 16.1 Å². The number of rotatable bonds is 6. The van der Waals surface area contributed by atoms with Crippen LogP contribution in [0.3, 0.4) is 0 Å². The summed E-state index contributed by atoms with van der Waals surface area (Å²) < 4.78 is 0. The van der Waals surface area contributed by atoms with Crippen LogP contribution in [0.4, 0.5) is 0 Å². The van der Waals surface area contributed by atoms with E-state index in [9.17, 15) is 9.59 Å². The smallest absolute Gasteiger partial charge is 0.234 e. The third kappa shape index (κ3) is 5.25. The van der Waals surface area contributed by atoms with Gasteiger partial charge in [-0.2, -0.15) is 0 Å². The SMILES string of the molecule is Cc1ccc(CNC(=O)C2CCN(C(=O)C(c3ccccc3)c3ccccc3)CC2)cc1. The highest BCUT2D eigenvalue weighted by Gasteiger charge is 2.32. The molecule has 2 amide bonds. The van der Waals surface area contributed by atoms with Crippen LogP contribution in [0.25, 0.3) is 0 Å². The summed E-state index contributed by atoms with van der Waals surface area (Å²) in [7, 11) is 0. The third-order valence-corrected chi connectivity index (χ3v) is 6.28. The molecule has 0 radical (unpaired) electrons. The molecule has 32 heavy (non-hydrogen) atoms. The first kappa shape index (κ1) is 21.8. The molecule has 0 aliphatic carbocycles. The van der Waals surface area contributed by atoms with Gasteiger partial charge in [0.05, 0.1) is 5.92 Å². The molecule has 164 valence electrons. The van der Waals surface area contributed by atoms with Crippen LogP contribution in [-0.4, -0.2) is 29.8 Å². The van der Waals surface area contributed by atoms with Gasteiger partial charge in [-0.05, 0) is 36.5 Å². The van der Waals surface area contributed by atoms with Gasteiger partial charge in [0.25, 0.3) is 0 Å². The van der Waals surface area contributed by atoms with E-state index in [4.69, 9.17) is 0 Å². The Bertz CT molecular complexity index is 985. The number of nitrogens with zero attached hydrogens (tertiary/aromatic N) is 1. The molecule has 0 spiro atoms. The number of nitrogens with one attached hydrogen (secondary N) is 1. The quantitative estimate of drug-likeness (QED) is 0.622. The topological polar surface area (TPSA) is 49.4 Å². The van der Waals surface area contributed by atoms with Crippen molar-refractivity contribution in [3.05, 3.63) is 107 Å². The Kier molecular flexibility index (Phi) is 7.00. The van der Waals surface area contributed by atoms with E-state index in [0.717, 1.165) is 16.7 Å². The molecule has 1 fully saturated rings. The normalized spacial score (nSPS) is 14.4. The minimum Gasteiger partial charge on any atom is -0.352 e. The van der Waals surface area contributed by atoms with Gasteiger partial charge in [-0.1, -0.05) is 90.5 Å². The lowest BCUT2D eigenvalue weighted by Gasteiger charge is -2.34. The Hall–Kier alpha value is -3.40. The standard InChI is InChI=1S/C28H30N2O2/c1-21-12-14-22(15-13-21)20-29-27(31)25-16-18-30(19-17-25)28(32)26(23-8-4-2-5-9-23)24-10-6-3-7-11-24/h2-15,25-26H,16-20H2,1H3,(H,29,31). The number of aryl methyl sites for hydroxylation is 1. The second-order valence-electron chi connectivity index (χ2n) is 8.56. The zero-order chi connectivity index (χ0) is 22.3. The molecule has 4 nitrogen and oxygen atoms in total. The monoisotopic (exact) mass is 426 g/mol. The molecule has 1 saturated heterocycles. The van der Waals surface area contributed by atoms with Crippen LogP contribution in [0.15, 0.2) is 84.9 Å². The number of hydrogen-bond donors (Lipinski definition) is 1. The van der Waals surface area contributed by atoms with Crippen molar-refractivity contribution in [3.63, 3.8) is 0 Å².